The number of carbonyl (C=O) groups excluding carboxylic acids is 1. The number of benzene rings is 1. The average Bonchev–Trinajstić information content (AvgIpc) is 2.35. The number of nitrogens with one attached hydrogen (secondary N) is 2. The van der Waals surface area contributed by atoms with Gasteiger partial charge >= 0.3 is 0 Å². The molecule has 2 N–H and O–H groups in total. The molecular weight excluding hydrogens is 214 g/mol. The summed E-state index contributed by atoms with van der Waals surface area (Å²) < 4.78 is 0. The third kappa shape index (κ3) is 2.84. The Balaban J connectivity index is 2.07. The molecule has 0 spiro atoms. The molecule has 4 nitrogen and oxygen atoms in total. The number of nitrogens with zero attached hydrogens (tertiary/aromatic N) is 1. The van der Waals surface area contributed by atoms with Gasteiger partial charge in [-0.3, -0.25) is 9.79 Å². The molecule has 17 heavy (non-hydrogen) atoms. The summed E-state index contributed by atoms with van der Waals surface area (Å²) in [5.41, 5.74) is 3.20. The van der Waals surface area contributed by atoms with E-state index in [0.717, 1.165) is 25.2 Å². The maximum atomic E-state index is 11.9. The zero-order valence-electron chi connectivity index (χ0n) is 10.2. The number of hydrogen-bond donors (Lipinski definition) is 2. The van der Waals surface area contributed by atoms with Gasteiger partial charge in [0.2, 0.25) is 0 Å². The molecule has 90 valence electrons. The van der Waals surface area contributed by atoms with E-state index in [4.69, 9.17) is 0 Å². The minimum Gasteiger partial charge on any atom is -0.366 e. The highest BCUT2D eigenvalue weighted by Crippen LogP contribution is 2.14. The van der Waals surface area contributed by atoms with Crippen LogP contribution in [0, 0.1) is 13.8 Å². The lowest BCUT2D eigenvalue weighted by atomic mass is 10.1. The SMILES string of the molecule is Cc1ccc(NC(=O)C2=NCCCN2)cc1C. The zero-order chi connectivity index (χ0) is 12.3. The molecule has 1 aliphatic rings. The van der Waals surface area contributed by atoms with Crippen LogP contribution in [-0.2, 0) is 4.79 Å². The van der Waals surface area contributed by atoms with Gasteiger partial charge in [-0.05, 0) is 43.5 Å². The minimum absolute atomic E-state index is 0.159. The highest BCUT2D eigenvalue weighted by molar-refractivity contribution is 6.42. The topological polar surface area (TPSA) is 53.5 Å². The van der Waals surface area contributed by atoms with Crippen LogP contribution in [0.3, 0.4) is 0 Å². The van der Waals surface area contributed by atoms with Crippen molar-refractivity contribution in [3.8, 4) is 0 Å². The van der Waals surface area contributed by atoms with E-state index < -0.39 is 0 Å². The Morgan fingerprint density at radius 1 is 1.35 bits per heavy atom. The molecule has 2 rings (SSSR count). The van der Waals surface area contributed by atoms with E-state index in [0.29, 0.717) is 5.84 Å². The fourth-order valence-electron chi connectivity index (χ4n) is 1.69. The second kappa shape index (κ2) is 4.99. The smallest absolute Gasteiger partial charge is 0.290 e. The predicted octanol–water partition coefficient (Wildman–Crippen LogP) is 1.63. The summed E-state index contributed by atoms with van der Waals surface area (Å²) in [6.07, 6.45) is 0.987. The quantitative estimate of drug-likeness (QED) is 0.813. The van der Waals surface area contributed by atoms with Gasteiger partial charge in [0, 0.05) is 18.8 Å². The Morgan fingerprint density at radius 3 is 2.82 bits per heavy atom. The number of rotatable bonds is 2. The van der Waals surface area contributed by atoms with Crippen LogP contribution in [0.1, 0.15) is 17.5 Å². The van der Waals surface area contributed by atoms with Crippen molar-refractivity contribution in [1.82, 2.24) is 5.32 Å². The zero-order valence-corrected chi connectivity index (χ0v) is 10.2. The molecule has 1 aliphatic heterocycles. The van der Waals surface area contributed by atoms with E-state index in [2.05, 4.69) is 15.6 Å². The molecule has 1 aromatic rings. The molecule has 0 bridgehead atoms. The maximum absolute atomic E-state index is 11.9. The third-order valence-electron chi connectivity index (χ3n) is 2.88. The van der Waals surface area contributed by atoms with E-state index in [9.17, 15) is 4.79 Å². The lowest BCUT2D eigenvalue weighted by Crippen LogP contribution is -2.39. The van der Waals surface area contributed by atoms with Crippen LogP contribution in [-0.4, -0.2) is 24.8 Å². The molecule has 0 fully saturated rings. The molecule has 0 saturated carbocycles. The molecule has 0 aromatic heterocycles. The molecule has 1 aromatic carbocycles. The van der Waals surface area contributed by atoms with Gasteiger partial charge in [0.05, 0.1) is 0 Å². The average molecular weight is 231 g/mol. The molecule has 4 heteroatoms. The van der Waals surface area contributed by atoms with E-state index in [1.807, 2.05) is 32.0 Å². The van der Waals surface area contributed by atoms with Crippen LogP contribution in [0.5, 0.6) is 0 Å². The lowest BCUT2D eigenvalue weighted by Gasteiger charge is -2.14. The summed E-state index contributed by atoms with van der Waals surface area (Å²) in [6, 6.07) is 5.88. The summed E-state index contributed by atoms with van der Waals surface area (Å²) in [5, 5.41) is 5.85. The Hall–Kier alpha value is -1.84. The number of aryl methyl sites for hydroxylation is 2. The monoisotopic (exact) mass is 231 g/mol. The number of hydrogen-bond acceptors (Lipinski definition) is 3. The molecular formula is C13H17N3O. The third-order valence-corrected chi connectivity index (χ3v) is 2.88. The van der Waals surface area contributed by atoms with Gasteiger partial charge in [-0.2, -0.15) is 0 Å². The van der Waals surface area contributed by atoms with E-state index >= 15 is 0 Å². The molecule has 0 unspecified atom stereocenters. The van der Waals surface area contributed by atoms with E-state index in [1.165, 1.54) is 11.1 Å². The van der Waals surface area contributed by atoms with Gasteiger partial charge in [0.1, 0.15) is 0 Å². The second-order valence-corrected chi connectivity index (χ2v) is 4.26. The van der Waals surface area contributed by atoms with E-state index in [1.54, 1.807) is 0 Å². The Bertz CT molecular complexity index is 466. The molecule has 1 amide bonds. The first-order chi connectivity index (χ1) is 8.16. The Morgan fingerprint density at radius 2 is 2.18 bits per heavy atom. The van der Waals surface area contributed by atoms with Gasteiger partial charge in [-0.25, -0.2) is 0 Å². The van der Waals surface area contributed by atoms with Crippen molar-refractivity contribution in [3.05, 3.63) is 29.3 Å². The van der Waals surface area contributed by atoms with Crippen LogP contribution in [0.4, 0.5) is 5.69 Å². The standard InChI is InChI=1S/C13H17N3O/c1-9-4-5-11(8-10(9)2)16-13(17)12-14-6-3-7-15-12/h4-5,8H,3,6-7H2,1-2H3,(H,14,15)(H,16,17). The van der Waals surface area contributed by atoms with Crippen molar-refractivity contribution in [2.45, 2.75) is 20.3 Å². The minimum atomic E-state index is -0.159. The highest BCUT2D eigenvalue weighted by Gasteiger charge is 2.13. The Labute approximate surface area is 101 Å². The van der Waals surface area contributed by atoms with Crippen LogP contribution in [0.25, 0.3) is 0 Å². The van der Waals surface area contributed by atoms with Crippen molar-refractivity contribution in [2.75, 3.05) is 18.4 Å². The number of aliphatic imine (C=N–C) groups is 1. The summed E-state index contributed by atoms with van der Waals surface area (Å²) in [6.45, 7) is 5.62. The number of amidine groups is 1. The normalized spacial score (nSPS) is 14.8. The van der Waals surface area contributed by atoms with Crippen LogP contribution in [0.15, 0.2) is 23.2 Å². The van der Waals surface area contributed by atoms with Gasteiger partial charge in [-0.1, -0.05) is 6.07 Å². The summed E-state index contributed by atoms with van der Waals surface area (Å²) >= 11 is 0. The van der Waals surface area contributed by atoms with Crippen molar-refractivity contribution in [1.29, 1.82) is 0 Å². The predicted molar refractivity (Wildman–Crippen MR) is 69.5 cm³/mol. The Kier molecular flexibility index (Phi) is 3.42. The fourth-order valence-corrected chi connectivity index (χ4v) is 1.69. The van der Waals surface area contributed by atoms with Crippen molar-refractivity contribution in [3.63, 3.8) is 0 Å². The molecule has 1 heterocycles. The molecule has 0 aliphatic carbocycles. The van der Waals surface area contributed by atoms with Crippen molar-refractivity contribution >= 4 is 17.4 Å². The van der Waals surface area contributed by atoms with Gasteiger partial charge < -0.3 is 10.6 Å². The van der Waals surface area contributed by atoms with E-state index in [-0.39, 0.29) is 5.91 Å². The highest BCUT2D eigenvalue weighted by atomic mass is 16.2. The van der Waals surface area contributed by atoms with Gasteiger partial charge in [0.25, 0.3) is 5.91 Å². The summed E-state index contributed by atoms with van der Waals surface area (Å²) in [7, 11) is 0. The van der Waals surface area contributed by atoms with Gasteiger partial charge in [0.15, 0.2) is 5.84 Å². The van der Waals surface area contributed by atoms with Crippen molar-refractivity contribution in [2.24, 2.45) is 4.99 Å². The molecule has 0 saturated heterocycles. The lowest BCUT2D eigenvalue weighted by molar-refractivity contribution is -0.110. The van der Waals surface area contributed by atoms with Crippen LogP contribution in [0.2, 0.25) is 0 Å². The number of amides is 1. The largest absolute Gasteiger partial charge is 0.366 e. The van der Waals surface area contributed by atoms with Gasteiger partial charge in [-0.15, -0.1) is 0 Å². The first-order valence-corrected chi connectivity index (χ1v) is 5.84. The summed E-state index contributed by atoms with van der Waals surface area (Å²) in [5.74, 6) is 0.280. The number of carbonyl (C=O) groups is 1. The van der Waals surface area contributed by atoms with Crippen LogP contribution < -0.4 is 10.6 Å². The van der Waals surface area contributed by atoms with Crippen molar-refractivity contribution < 1.29 is 4.79 Å². The fraction of sp³-hybridized carbons (Fsp3) is 0.385. The first-order valence-electron chi connectivity index (χ1n) is 5.84. The van der Waals surface area contributed by atoms with Crippen LogP contribution >= 0.6 is 0 Å². The number of anilines is 1. The second-order valence-electron chi connectivity index (χ2n) is 4.26. The first kappa shape index (κ1) is 11.6. The molecule has 0 radical (unpaired) electrons. The molecule has 0 atom stereocenters. The summed E-state index contributed by atoms with van der Waals surface area (Å²) in [4.78, 5) is 16.0. The maximum Gasteiger partial charge on any atom is 0.290 e.